The Hall–Kier alpha value is -1.47. The van der Waals surface area contributed by atoms with Gasteiger partial charge in [-0.2, -0.15) is 0 Å². The second-order valence-corrected chi connectivity index (χ2v) is 6.24. The Morgan fingerprint density at radius 3 is 2.50 bits per heavy atom. The smallest absolute Gasteiger partial charge is 0.252 e. The van der Waals surface area contributed by atoms with Crippen LogP contribution >= 0.6 is 22.6 Å². The summed E-state index contributed by atoms with van der Waals surface area (Å²) >= 11 is 2.11. The van der Waals surface area contributed by atoms with Crippen molar-refractivity contribution in [3.05, 3.63) is 69.0 Å². The Kier molecular flexibility index (Phi) is 5.52. The SMILES string of the molecule is COC(C)(CNC(=O)c1ccccc1I)c1ccccc1F. The predicted molar refractivity (Wildman–Crippen MR) is 92.3 cm³/mol. The van der Waals surface area contributed by atoms with E-state index in [4.69, 9.17) is 4.74 Å². The molecule has 1 amide bonds. The van der Waals surface area contributed by atoms with Crippen LogP contribution in [0.5, 0.6) is 0 Å². The van der Waals surface area contributed by atoms with Gasteiger partial charge in [0.2, 0.25) is 0 Å². The zero-order valence-corrected chi connectivity index (χ0v) is 14.6. The Morgan fingerprint density at radius 1 is 1.23 bits per heavy atom. The number of ether oxygens (including phenoxy) is 1. The Morgan fingerprint density at radius 2 is 1.86 bits per heavy atom. The van der Waals surface area contributed by atoms with Gasteiger partial charge in [-0.1, -0.05) is 30.3 Å². The number of carbonyl (C=O) groups excluding carboxylic acids is 1. The molecule has 116 valence electrons. The topological polar surface area (TPSA) is 38.3 Å². The van der Waals surface area contributed by atoms with Crippen LogP contribution in [0.2, 0.25) is 0 Å². The highest BCUT2D eigenvalue weighted by molar-refractivity contribution is 14.1. The van der Waals surface area contributed by atoms with Crippen LogP contribution in [0.3, 0.4) is 0 Å². The van der Waals surface area contributed by atoms with Gasteiger partial charge >= 0.3 is 0 Å². The Labute approximate surface area is 143 Å². The fourth-order valence-electron chi connectivity index (χ4n) is 2.16. The Balaban J connectivity index is 2.16. The van der Waals surface area contributed by atoms with E-state index in [1.807, 2.05) is 18.2 Å². The maximum atomic E-state index is 14.0. The van der Waals surface area contributed by atoms with Crippen LogP contribution in [-0.4, -0.2) is 19.6 Å². The quantitative estimate of drug-likeness (QED) is 0.759. The van der Waals surface area contributed by atoms with E-state index in [-0.39, 0.29) is 18.3 Å². The molecule has 0 aliphatic rings. The lowest BCUT2D eigenvalue weighted by Crippen LogP contribution is -2.40. The van der Waals surface area contributed by atoms with Crippen LogP contribution in [0.15, 0.2) is 48.5 Å². The summed E-state index contributed by atoms with van der Waals surface area (Å²) < 4.78 is 20.3. The van der Waals surface area contributed by atoms with Crippen LogP contribution in [0.4, 0.5) is 4.39 Å². The Bertz CT molecular complexity index is 677. The lowest BCUT2D eigenvalue weighted by Gasteiger charge is -2.29. The van der Waals surface area contributed by atoms with Gasteiger partial charge in [0.15, 0.2) is 0 Å². The molecule has 0 heterocycles. The molecule has 22 heavy (non-hydrogen) atoms. The first-order chi connectivity index (χ1) is 10.5. The van der Waals surface area contributed by atoms with Crippen molar-refractivity contribution in [2.24, 2.45) is 0 Å². The largest absolute Gasteiger partial charge is 0.372 e. The van der Waals surface area contributed by atoms with Gasteiger partial charge in [0.1, 0.15) is 11.4 Å². The molecule has 0 saturated heterocycles. The number of benzene rings is 2. The number of hydrogen-bond acceptors (Lipinski definition) is 2. The van der Waals surface area contributed by atoms with Gasteiger partial charge in [0.05, 0.1) is 12.1 Å². The van der Waals surface area contributed by atoms with Crippen molar-refractivity contribution in [2.45, 2.75) is 12.5 Å². The predicted octanol–water partition coefficient (Wildman–Crippen LogP) is 3.72. The standard InChI is InChI=1S/C17H17FINO2/c1-17(22-2,13-8-4-5-9-14(13)18)11-20-16(21)12-7-3-6-10-15(12)19/h3-10H,11H2,1-2H3,(H,20,21). The molecule has 1 unspecified atom stereocenters. The first kappa shape index (κ1) is 16.9. The minimum absolute atomic E-state index is 0.175. The molecule has 3 nitrogen and oxygen atoms in total. The zero-order valence-electron chi connectivity index (χ0n) is 12.4. The fourth-order valence-corrected chi connectivity index (χ4v) is 2.79. The van der Waals surface area contributed by atoms with Gasteiger partial charge in [-0.05, 0) is 47.7 Å². The summed E-state index contributed by atoms with van der Waals surface area (Å²) in [6.07, 6.45) is 0. The second-order valence-electron chi connectivity index (χ2n) is 5.08. The molecular weight excluding hydrogens is 396 g/mol. The number of halogens is 2. The number of nitrogens with one attached hydrogen (secondary N) is 1. The van der Waals surface area contributed by atoms with Crippen molar-refractivity contribution in [3.8, 4) is 0 Å². The third-order valence-electron chi connectivity index (χ3n) is 3.60. The molecule has 1 N–H and O–H groups in total. The van der Waals surface area contributed by atoms with E-state index in [0.29, 0.717) is 11.1 Å². The third kappa shape index (κ3) is 3.64. The maximum absolute atomic E-state index is 14.0. The van der Waals surface area contributed by atoms with Gasteiger partial charge in [0, 0.05) is 16.2 Å². The minimum atomic E-state index is -0.929. The molecule has 0 aromatic heterocycles. The van der Waals surface area contributed by atoms with E-state index in [1.165, 1.54) is 13.2 Å². The average Bonchev–Trinajstić information content (AvgIpc) is 2.53. The molecule has 2 rings (SSSR count). The summed E-state index contributed by atoms with van der Waals surface area (Å²) in [5, 5.41) is 2.82. The summed E-state index contributed by atoms with van der Waals surface area (Å²) in [5.74, 6) is -0.556. The van der Waals surface area contributed by atoms with Crippen molar-refractivity contribution in [1.82, 2.24) is 5.32 Å². The van der Waals surface area contributed by atoms with E-state index in [1.54, 1.807) is 31.2 Å². The normalized spacial score (nSPS) is 13.5. The maximum Gasteiger partial charge on any atom is 0.252 e. The number of hydrogen-bond donors (Lipinski definition) is 1. The number of rotatable bonds is 5. The van der Waals surface area contributed by atoms with Crippen molar-refractivity contribution in [3.63, 3.8) is 0 Å². The molecule has 0 aliphatic heterocycles. The van der Waals surface area contributed by atoms with Gasteiger partial charge in [-0.3, -0.25) is 4.79 Å². The van der Waals surface area contributed by atoms with Crippen LogP contribution in [0.25, 0.3) is 0 Å². The highest BCUT2D eigenvalue weighted by atomic mass is 127. The minimum Gasteiger partial charge on any atom is -0.372 e. The molecule has 0 bridgehead atoms. The van der Waals surface area contributed by atoms with Crippen molar-refractivity contribution in [1.29, 1.82) is 0 Å². The number of carbonyl (C=O) groups is 1. The van der Waals surface area contributed by atoms with E-state index >= 15 is 0 Å². The van der Waals surface area contributed by atoms with Gasteiger partial charge < -0.3 is 10.1 Å². The molecule has 2 aromatic rings. The van der Waals surface area contributed by atoms with Gasteiger partial charge in [-0.25, -0.2) is 4.39 Å². The van der Waals surface area contributed by atoms with Gasteiger partial charge in [-0.15, -0.1) is 0 Å². The molecular formula is C17H17FINO2. The first-order valence-corrected chi connectivity index (χ1v) is 7.89. The van der Waals surface area contributed by atoms with E-state index in [0.717, 1.165) is 3.57 Å². The number of amides is 1. The summed E-state index contributed by atoms with van der Waals surface area (Å²) in [6, 6.07) is 13.7. The third-order valence-corrected chi connectivity index (χ3v) is 4.54. The van der Waals surface area contributed by atoms with Crippen molar-refractivity contribution in [2.75, 3.05) is 13.7 Å². The van der Waals surface area contributed by atoms with Crippen molar-refractivity contribution >= 4 is 28.5 Å². The van der Waals surface area contributed by atoms with Crippen molar-refractivity contribution < 1.29 is 13.9 Å². The zero-order chi connectivity index (χ0) is 16.2. The molecule has 0 fully saturated rings. The van der Waals surface area contributed by atoms with E-state index in [2.05, 4.69) is 27.9 Å². The second kappa shape index (κ2) is 7.19. The van der Waals surface area contributed by atoms with E-state index < -0.39 is 5.60 Å². The molecule has 2 aromatic carbocycles. The molecule has 0 radical (unpaired) electrons. The summed E-state index contributed by atoms with van der Waals surface area (Å²) in [6.45, 7) is 1.93. The first-order valence-electron chi connectivity index (χ1n) is 6.81. The molecule has 0 saturated carbocycles. The fraction of sp³-hybridized carbons (Fsp3) is 0.235. The van der Waals surface area contributed by atoms with Crippen LogP contribution in [0.1, 0.15) is 22.8 Å². The lowest BCUT2D eigenvalue weighted by atomic mass is 9.95. The summed E-state index contributed by atoms with van der Waals surface area (Å²) in [7, 11) is 1.50. The molecule has 5 heteroatoms. The summed E-state index contributed by atoms with van der Waals surface area (Å²) in [5.41, 5.74) is 0.0805. The molecule has 1 atom stereocenters. The van der Waals surface area contributed by atoms with Gasteiger partial charge in [0.25, 0.3) is 5.91 Å². The summed E-state index contributed by atoms with van der Waals surface area (Å²) in [4.78, 5) is 12.3. The molecule has 0 aliphatic carbocycles. The van der Waals surface area contributed by atoms with E-state index in [9.17, 15) is 9.18 Å². The number of methoxy groups -OCH3 is 1. The monoisotopic (exact) mass is 413 g/mol. The van der Waals surface area contributed by atoms with Crippen LogP contribution in [-0.2, 0) is 10.3 Å². The highest BCUT2D eigenvalue weighted by Crippen LogP contribution is 2.26. The lowest BCUT2D eigenvalue weighted by molar-refractivity contribution is 0.000381. The average molecular weight is 413 g/mol. The van der Waals surface area contributed by atoms with Crippen LogP contribution < -0.4 is 5.32 Å². The van der Waals surface area contributed by atoms with Crippen LogP contribution in [0, 0.1) is 9.39 Å². The molecule has 0 spiro atoms. The highest BCUT2D eigenvalue weighted by Gasteiger charge is 2.30.